The van der Waals surface area contributed by atoms with E-state index in [4.69, 9.17) is 10.5 Å². The molecule has 1 unspecified atom stereocenters. The number of ether oxygens (including phenoxy) is 1. The van der Waals surface area contributed by atoms with Gasteiger partial charge in [0.1, 0.15) is 0 Å². The third-order valence-electron chi connectivity index (χ3n) is 2.16. The fraction of sp³-hybridized carbons (Fsp3) is 0.600. The molecule has 0 fully saturated rings. The molecule has 0 bridgehead atoms. The minimum Gasteiger partial charge on any atom is -0.383 e. The number of rotatable bonds is 5. The molecule has 0 spiro atoms. The van der Waals surface area contributed by atoms with Crippen LogP contribution in [0.4, 0.5) is 5.69 Å². The topological polar surface area (TPSA) is 73.4 Å². The van der Waals surface area contributed by atoms with Gasteiger partial charge in [-0.15, -0.1) is 0 Å². The Labute approximate surface area is 94.6 Å². The van der Waals surface area contributed by atoms with Crippen molar-refractivity contribution in [2.24, 2.45) is 5.73 Å². The van der Waals surface area contributed by atoms with Crippen molar-refractivity contribution in [2.45, 2.75) is 12.6 Å². The molecule has 2 N–H and O–H groups in total. The summed E-state index contributed by atoms with van der Waals surface area (Å²) in [5, 5.41) is 4.05. The molecule has 0 saturated carbocycles. The zero-order valence-corrected chi connectivity index (χ0v) is 9.88. The summed E-state index contributed by atoms with van der Waals surface area (Å²) in [7, 11) is 5.29. The molecule has 1 aromatic rings. The Bertz CT molecular complexity index is 389. The van der Waals surface area contributed by atoms with Gasteiger partial charge in [0.2, 0.25) is 0 Å². The first-order chi connectivity index (χ1) is 7.54. The van der Waals surface area contributed by atoms with Crippen LogP contribution in [0.2, 0.25) is 0 Å². The van der Waals surface area contributed by atoms with Crippen LogP contribution in [0.1, 0.15) is 0 Å². The molecule has 0 aliphatic rings. The van der Waals surface area contributed by atoms with Gasteiger partial charge in [-0.05, 0) is 0 Å². The molecule has 1 aromatic heterocycles. The molecule has 1 heterocycles. The molecule has 0 aliphatic heterocycles. The Balaban J connectivity index is 2.79. The highest BCUT2D eigenvalue weighted by Crippen LogP contribution is 2.03. The lowest BCUT2D eigenvalue weighted by molar-refractivity contribution is 0.171. The normalized spacial score (nSPS) is 12.5. The zero-order chi connectivity index (χ0) is 12.1. The highest BCUT2D eigenvalue weighted by molar-refractivity contribution is 5.40. The largest absolute Gasteiger partial charge is 0.383 e. The molecule has 6 heteroatoms. The number of nitrogens with two attached hydrogens (primary N) is 1. The first-order valence-electron chi connectivity index (χ1n) is 5.03. The zero-order valence-electron chi connectivity index (χ0n) is 9.88. The van der Waals surface area contributed by atoms with E-state index in [1.54, 1.807) is 13.3 Å². The summed E-state index contributed by atoms with van der Waals surface area (Å²) in [5.74, 6) is 0. The Morgan fingerprint density at radius 3 is 2.81 bits per heavy atom. The summed E-state index contributed by atoms with van der Waals surface area (Å²) in [6, 6.07) is 1.31. The maximum absolute atomic E-state index is 11.7. The van der Waals surface area contributed by atoms with Gasteiger partial charge in [0.15, 0.2) is 0 Å². The molecule has 1 atom stereocenters. The van der Waals surface area contributed by atoms with Crippen molar-refractivity contribution >= 4 is 5.69 Å². The summed E-state index contributed by atoms with van der Waals surface area (Å²) >= 11 is 0. The van der Waals surface area contributed by atoms with Crippen LogP contribution in [0.5, 0.6) is 0 Å². The highest BCUT2D eigenvalue weighted by atomic mass is 16.5. The minimum atomic E-state index is -0.222. The molecule has 0 radical (unpaired) electrons. The fourth-order valence-corrected chi connectivity index (χ4v) is 1.29. The second kappa shape index (κ2) is 5.62. The Morgan fingerprint density at radius 2 is 2.31 bits per heavy atom. The number of nitrogens with zero attached hydrogens (tertiary/aromatic N) is 3. The summed E-state index contributed by atoms with van der Waals surface area (Å²) in [6.07, 6.45) is 1.64. The minimum absolute atomic E-state index is 0.155. The van der Waals surface area contributed by atoms with Crippen LogP contribution in [0, 0.1) is 0 Å². The van der Waals surface area contributed by atoms with Crippen LogP contribution in [-0.2, 0) is 11.3 Å². The Morgan fingerprint density at radius 1 is 1.62 bits per heavy atom. The maximum Gasteiger partial charge on any atom is 0.268 e. The van der Waals surface area contributed by atoms with Gasteiger partial charge in [-0.1, -0.05) is 0 Å². The number of anilines is 1. The summed E-state index contributed by atoms with van der Waals surface area (Å²) < 4.78 is 6.25. The van der Waals surface area contributed by atoms with E-state index < -0.39 is 0 Å². The van der Waals surface area contributed by atoms with E-state index in [2.05, 4.69) is 5.10 Å². The fourth-order valence-electron chi connectivity index (χ4n) is 1.29. The molecular formula is C10H18N4O2. The number of hydrogen-bond acceptors (Lipinski definition) is 5. The van der Waals surface area contributed by atoms with Gasteiger partial charge in [-0.3, -0.25) is 4.79 Å². The van der Waals surface area contributed by atoms with Crippen LogP contribution in [0.3, 0.4) is 0 Å². The smallest absolute Gasteiger partial charge is 0.268 e. The highest BCUT2D eigenvalue weighted by Gasteiger charge is 2.06. The van der Waals surface area contributed by atoms with Gasteiger partial charge >= 0.3 is 0 Å². The van der Waals surface area contributed by atoms with Crippen molar-refractivity contribution < 1.29 is 4.74 Å². The van der Waals surface area contributed by atoms with Gasteiger partial charge in [0.25, 0.3) is 5.56 Å². The van der Waals surface area contributed by atoms with Crippen molar-refractivity contribution in [3.05, 3.63) is 22.6 Å². The van der Waals surface area contributed by atoms with Crippen LogP contribution >= 0.6 is 0 Å². The SMILES string of the molecule is COCC(N)Cn1ncc(N(C)C)cc1=O. The van der Waals surface area contributed by atoms with Crippen LogP contribution < -0.4 is 16.2 Å². The number of methoxy groups -OCH3 is 1. The lowest BCUT2D eigenvalue weighted by Gasteiger charge is -2.14. The molecule has 90 valence electrons. The van der Waals surface area contributed by atoms with E-state index in [-0.39, 0.29) is 11.6 Å². The van der Waals surface area contributed by atoms with E-state index in [0.717, 1.165) is 5.69 Å². The predicted molar refractivity (Wildman–Crippen MR) is 62.7 cm³/mol. The molecule has 0 saturated heterocycles. The Kier molecular flexibility index (Phi) is 4.45. The van der Waals surface area contributed by atoms with Crippen molar-refractivity contribution in [3.8, 4) is 0 Å². The van der Waals surface area contributed by atoms with Crippen molar-refractivity contribution in [2.75, 3.05) is 32.7 Å². The third-order valence-corrected chi connectivity index (χ3v) is 2.16. The Hall–Kier alpha value is -1.40. The molecule has 16 heavy (non-hydrogen) atoms. The van der Waals surface area contributed by atoms with E-state index in [1.807, 2.05) is 19.0 Å². The molecular weight excluding hydrogens is 208 g/mol. The second-order valence-electron chi connectivity index (χ2n) is 3.84. The average molecular weight is 226 g/mol. The van der Waals surface area contributed by atoms with E-state index in [0.29, 0.717) is 13.2 Å². The van der Waals surface area contributed by atoms with Crippen molar-refractivity contribution in [1.29, 1.82) is 0 Å². The average Bonchev–Trinajstić information content (AvgIpc) is 2.21. The monoisotopic (exact) mass is 226 g/mol. The first kappa shape index (κ1) is 12.7. The molecule has 0 aromatic carbocycles. The molecule has 1 rings (SSSR count). The summed E-state index contributed by atoms with van der Waals surface area (Å²) in [6.45, 7) is 0.768. The van der Waals surface area contributed by atoms with Crippen LogP contribution in [0.25, 0.3) is 0 Å². The van der Waals surface area contributed by atoms with E-state index in [1.165, 1.54) is 10.7 Å². The van der Waals surface area contributed by atoms with Gasteiger partial charge < -0.3 is 15.4 Å². The van der Waals surface area contributed by atoms with Gasteiger partial charge in [-0.25, -0.2) is 4.68 Å². The number of hydrogen-bond donors (Lipinski definition) is 1. The second-order valence-corrected chi connectivity index (χ2v) is 3.84. The summed E-state index contributed by atoms with van der Waals surface area (Å²) in [5.41, 5.74) is 6.37. The molecule has 0 aliphatic carbocycles. The van der Waals surface area contributed by atoms with Crippen molar-refractivity contribution in [1.82, 2.24) is 9.78 Å². The third kappa shape index (κ3) is 3.32. The predicted octanol–water partition coefficient (Wildman–Crippen LogP) is -0.717. The quantitative estimate of drug-likeness (QED) is 0.717. The lowest BCUT2D eigenvalue weighted by Crippen LogP contribution is -2.36. The van der Waals surface area contributed by atoms with Crippen molar-refractivity contribution in [3.63, 3.8) is 0 Å². The first-order valence-corrected chi connectivity index (χ1v) is 5.03. The van der Waals surface area contributed by atoms with Crippen LogP contribution in [0.15, 0.2) is 17.1 Å². The maximum atomic E-state index is 11.7. The van der Waals surface area contributed by atoms with Gasteiger partial charge in [0, 0.05) is 33.3 Å². The standard InChI is InChI=1S/C10H18N4O2/c1-13(2)9-4-10(15)14(12-5-9)6-8(11)7-16-3/h4-5,8H,6-7,11H2,1-3H3. The van der Waals surface area contributed by atoms with Gasteiger partial charge in [-0.2, -0.15) is 5.10 Å². The lowest BCUT2D eigenvalue weighted by atomic mass is 10.3. The van der Waals surface area contributed by atoms with E-state index in [9.17, 15) is 4.79 Å². The van der Waals surface area contributed by atoms with Gasteiger partial charge in [0.05, 0.1) is 25.0 Å². The molecule has 6 nitrogen and oxygen atoms in total. The molecule has 0 amide bonds. The van der Waals surface area contributed by atoms with Crippen LogP contribution in [-0.4, -0.2) is 43.6 Å². The number of aromatic nitrogens is 2. The van der Waals surface area contributed by atoms with E-state index >= 15 is 0 Å². The summed E-state index contributed by atoms with van der Waals surface area (Å²) in [4.78, 5) is 13.5.